The fourth-order valence-electron chi connectivity index (χ4n) is 2.18. The van der Waals surface area contributed by atoms with Crippen molar-refractivity contribution in [1.29, 1.82) is 0 Å². The molecule has 82 valence electrons. The maximum absolute atomic E-state index is 11.9. The van der Waals surface area contributed by atoms with Gasteiger partial charge in [0, 0.05) is 6.04 Å². The molecule has 0 radical (unpaired) electrons. The molecule has 0 unspecified atom stereocenters. The molecular weight excluding hydrogens is 190 g/mol. The van der Waals surface area contributed by atoms with Crippen LogP contribution in [0, 0.1) is 18.3 Å². The molecule has 3 atom stereocenters. The zero-order valence-electron chi connectivity index (χ0n) is 9.49. The Kier molecular flexibility index (Phi) is 2.18. The van der Waals surface area contributed by atoms with Crippen molar-refractivity contribution >= 4 is 6.09 Å². The fourth-order valence-corrected chi connectivity index (χ4v) is 2.18. The van der Waals surface area contributed by atoms with Crippen LogP contribution in [0.25, 0.3) is 0 Å². The number of hydrogen-bond acceptors (Lipinski definition) is 2. The topological polar surface area (TPSA) is 29.5 Å². The van der Waals surface area contributed by atoms with Gasteiger partial charge in [-0.1, -0.05) is 5.92 Å². The molecular formula is C12H17NO2. The van der Waals surface area contributed by atoms with E-state index >= 15 is 0 Å². The smallest absolute Gasteiger partial charge is 0.411 e. The predicted molar refractivity (Wildman–Crippen MR) is 57.2 cm³/mol. The van der Waals surface area contributed by atoms with Crippen LogP contribution in [0.3, 0.4) is 0 Å². The monoisotopic (exact) mass is 207 g/mol. The lowest BCUT2D eigenvalue weighted by Gasteiger charge is -2.28. The third-order valence-electron chi connectivity index (χ3n) is 2.90. The molecule has 2 fully saturated rings. The van der Waals surface area contributed by atoms with Gasteiger partial charge in [0.1, 0.15) is 5.60 Å². The van der Waals surface area contributed by atoms with Gasteiger partial charge in [-0.25, -0.2) is 4.79 Å². The molecule has 1 saturated carbocycles. The second-order valence-electron chi connectivity index (χ2n) is 5.37. The molecule has 3 nitrogen and oxygen atoms in total. The summed E-state index contributed by atoms with van der Waals surface area (Å²) in [5, 5.41) is 0. The van der Waals surface area contributed by atoms with Crippen LogP contribution in [0.4, 0.5) is 4.79 Å². The van der Waals surface area contributed by atoms with Gasteiger partial charge in [0.25, 0.3) is 0 Å². The Bertz CT molecular complexity index is 323. The number of piperidine rings is 1. The van der Waals surface area contributed by atoms with Crippen LogP contribution in [0.5, 0.6) is 0 Å². The van der Waals surface area contributed by atoms with Gasteiger partial charge in [-0.2, -0.15) is 0 Å². The molecule has 0 aromatic rings. The van der Waals surface area contributed by atoms with Crippen molar-refractivity contribution in [2.45, 2.75) is 51.3 Å². The number of likely N-dealkylation sites (tertiary alicyclic amines) is 1. The number of nitrogens with zero attached hydrogens (tertiary/aromatic N) is 1. The summed E-state index contributed by atoms with van der Waals surface area (Å²) in [7, 11) is 0. The standard InChI is InChI=1S/C12H17NO2/c1-5-9-6-8-7-10(8)13(9)11(14)15-12(2,3)4/h1,8-10H,6-7H2,2-4H3/t8-,9-,10+/m1/s1. The van der Waals surface area contributed by atoms with Crippen LogP contribution in [0.2, 0.25) is 0 Å². The minimum absolute atomic E-state index is 0.0522. The summed E-state index contributed by atoms with van der Waals surface area (Å²) in [4.78, 5) is 13.6. The van der Waals surface area contributed by atoms with Crippen LogP contribution in [0.1, 0.15) is 33.6 Å². The molecule has 1 saturated heterocycles. The minimum Gasteiger partial charge on any atom is -0.444 e. The Morgan fingerprint density at radius 2 is 2.13 bits per heavy atom. The van der Waals surface area contributed by atoms with Gasteiger partial charge in [-0.05, 0) is 39.5 Å². The lowest BCUT2D eigenvalue weighted by Crippen LogP contribution is -2.41. The van der Waals surface area contributed by atoms with Gasteiger partial charge in [0.15, 0.2) is 0 Å². The molecule has 0 spiro atoms. The van der Waals surface area contributed by atoms with Gasteiger partial charge in [-0.3, -0.25) is 4.90 Å². The van der Waals surface area contributed by atoms with Crippen LogP contribution < -0.4 is 0 Å². The molecule has 15 heavy (non-hydrogen) atoms. The first-order valence-electron chi connectivity index (χ1n) is 5.40. The summed E-state index contributed by atoms with van der Waals surface area (Å²) in [6.07, 6.45) is 7.19. The van der Waals surface area contributed by atoms with Crippen molar-refractivity contribution in [1.82, 2.24) is 4.90 Å². The highest BCUT2D eigenvalue weighted by molar-refractivity contribution is 5.71. The number of fused-ring (bicyclic) bond motifs is 1. The van der Waals surface area contributed by atoms with Gasteiger partial charge in [0.2, 0.25) is 0 Å². The van der Waals surface area contributed by atoms with Crippen molar-refractivity contribution in [3.63, 3.8) is 0 Å². The molecule has 3 heteroatoms. The molecule has 0 N–H and O–H groups in total. The summed E-state index contributed by atoms with van der Waals surface area (Å²) in [5.41, 5.74) is -0.441. The molecule has 0 bridgehead atoms. The Morgan fingerprint density at radius 1 is 1.47 bits per heavy atom. The summed E-state index contributed by atoms with van der Waals surface area (Å²) in [6.45, 7) is 5.61. The normalized spacial score (nSPS) is 33.2. The lowest BCUT2D eigenvalue weighted by molar-refractivity contribution is 0.0225. The Hall–Kier alpha value is -1.17. The maximum Gasteiger partial charge on any atom is 0.411 e. The van der Waals surface area contributed by atoms with E-state index in [9.17, 15) is 4.79 Å². The van der Waals surface area contributed by atoms with Crippen molar-refractivity contribution < 1.29 is 9.53 Å². The molecule has 1 aliphatic heterocycles. The van der Waals surface area contributed by atoms with E-state index in [-0.39, 0.29) is 12.1 Å². The SMILES string of the molecule is C#C[C@@H]1C[C@@H]2C[C@@H]2N1C(=O)OC(C)(C)C. The number of terminal acetylenes is 1. The van der Waals surface area contributed by atoms with E-state index < -0.39 is 5.60 Å². The summed E-state index contributed by atoms with van der Waals surface area (Å²) < 4.78 is 5.34. The zero-order chi connectivity index (χ0) is 11.2. The predicted octanol–water partition coefficient (Wildman–Crippen LogP) is 2.02. The first-order chi connectivity index (χ1) is 6.92. The summed E-state index contributed by atoms with van der Waals surface area (Å²) >= 11 is 0. The molecule has 1 heterocycles. The number of carbonyl (C=O) groups is 1. The number of ether oxygens (including phenoxy) is 1. The van der Waals surface area contributed by atoms with Gasteiger partial charge < -0.3 is 4.74 Å². The lowest BCUT2D eigenvalue weighted by atomic mass is 10.2. The molecule has 0 aromatic heterocycles. The largest absolute Gasteiger partial charge is 0.444 e. The van der Waals surface area contributed by atoms with Crippen molar-refractivity contribution in [3.8, 4) is 12.3 Å². The first-order valence-corrected chi connectivity index (χ1v) is 5.40. The Labute approximate surface area is 90.8 Å². The average Bonchev–Trinajstić information content (AvgIpc) is 2.73. The molecule has 1 aliphatic carbocycles. The Balaban J connectivity index is 2.04. The van der Waals surface area contributed by atoms with E-state index in [0.717, 1.165) is 12.8 Å². The number of carbonyl (C=O) groups excluding carboxylic acids is 1. The van der Waals surface area contributed by atoms with Gasteiger partial charge in [0.05, 0.1) is 6.04 Å². The van der Waals surface area contributed by atoms with Crippen LogP contribution >= 0.6 is 0 Å². The molecule has 2 aliphatic rings. The second-order valence-corrected chi connectivity index (χ2v) is 5.37. The van der Waals surface area contributed by atoms with Crippen LogP contribution in [-0.4, -0.2) is 28.7 Å². The van der Waals surface area contributed by atoms with Crippen molar-refractivity contribution in [2.24, 2.45) is 5.92 Å². The molecule has 1 amide bonds. The summed E-state index contributed by atoms with van der Waals surface area (Å²) in [6, 6.07) is 0.296. The second kappa shape index (κ2) is 3.16. The van der Waals surface area contributed by atoms with E-state index in [4.69, 9.17) is 11.2 Å². The van der Waals surface area contributed by atoms with Gasteiger partial charge in [-0.15, -0.1) is 6.42 Å². The number of hydrogen-bond donors (Lipinski definition) is 0. The zero-order valence-corrected chi connectivity index (χ0v) is 9.49. The number of amides is 1. The third-order valence-corrected chi connectivity index (χ3v) is 2.90. The van der Waals surface area contributed by atoms with Crippen LogP contribution in [-0.2, 0) is 4.74 Å². The highest BCUT2D eigenvalue weighted by Gasteiger charge is 2.54. The van der Waals surface area contributed by atoms with E-state index in [0.29, 0.717) is 12.0 Å². The fraction of sp³-hybridized carbons (Fsp3) is 0.750. The highest BCUT2D eigenvalue weighted by Crippen LogP contribution is 2.48. The average molecular weight is 207 g/mol. The van der Waals surface area contributed by atoms with Crippen molar-refractivity contribution in [2.75, 3.05) is 0 Å². The first kappa shape index (κ1) is 10.4. The number of rotatable bonds is 0. The third kappa shape index (κ3) is 1.94. The highest BCUT2D eigenvalue weighted by atomic mass is 16.6. The molecule has 2 rings (SSSR count). The van der Waals surface area contributed by atoms with Crippen LogP contribution in [0.15, 0.2) is 0 Å². The van der Waals surface area contributed by atoms with Gasteiger partial charge >= 0.3 is 6.09 Å². The van der Waals surface area contributed by atoms with E-state index in [1.54, 1.807) is 4.90 Å². The van der Waals surface area contributed by atoms with E-state index in [1.165, 1.54) is 0 Å². The maximum atomic E-state index is 11.9. The quantitative estimate of drug-likeness (QED) is 0.569. The molecule has 0 aromatic carbocycles. The van der Waals surface area contributed by atoms with E-state index in [2.05, 4.69) is 5.92 Å². The summed E-state index contributed by atoms with van der Waals surface area (Å²) in [5.74, 6) is 3.29. The Morgan fingerprint density at radius 3 is 2.67 bits per heavy atom. The van der Waals surface area contributed by atoms with Crippen molar-refractivity contribution in [3.05, 3.63) is 0 Å². The van der Waals surface area contributed by atoms with E-state index in [1.807, 2.05) is 20.8 Å². The minimum atomic E-state index is -0.441.